The van der Waals surface area contributed by atoms with E-state index in [-0.39, 0.29) is 0 Å². The smallest absolute Gasteiger partial charge is 0.185 e. The van der Waals surface area contributed by atoms with E-state index < -0.39 is 0 Å². The normalized spacial score (nSPS) is 23.8. The molecule has 1 saturated heterocycles. The molecule has 1 N–H and O–H groups in total. The van der Waals surface area contributed by atoms with Crippen LogP contribution >= 0.6 is 11.3 Å². The second-order valence-electron chi connectivity index (χ2n) is 6.66. The summed E-state index contributed by atoms with van der Waals surface area (Å²) in [4.78, 5) is 11.6. The molecule has 4 rings (SSSR count). The van der Waals surface area contributed by atoms with E-state index in [0.29, 0.717) is 0 Å². The highest BCUT2D eigenvalue weighted by molar-refractivity contribution is 7.15. The SMILES string of the molecule is CCN1CCN(c2nc(C3CC3)c(CNC3CC3)s2)CC1. The highest BCUT2D eigenvalue weighted by Crippen LogP contribution is 2.44. The number of rotatable bonds is 6. The molecule has 0 amide bonds. The largest absolute Gasteiger partial charge is 0.346 e. The van der Waals surface area contributed by atoms with Crippen molar-refractivity contribution in [3.8, 4) is 0 Å². The Morgan fingerprint density at radius 3 is 2.52 bits per heavy atom. The van der Waals surface area contributed by atoms with E-state index in [2.05, 4.69) is 22.0 Å². The van der Waals surface area contributed by atoms with Gasteiger partial charge in [-0.15, -0.1) is 11.3 Å². The van der Waals surface area contributed by atoms with Gasteiger partial charge in [0.05, 0.1) is 5.69 Å². The fourth-order valence-corrected chi connectivity index (χ4v) is 4.22. The maximum Gasteiger partial charge on any atom is 0.185 e. The van der Waals surface area contributed by atoms with Gasteiger partial charge >= 0.3 is 0 Å². The summed E-state index contributed by atoms with van der Waals surface area (Å²) in [6.07, 6.45) is 5.43. The van der Waals surface area contributed by atoms with Crippen LogP contribution in [0, 0.1) is 0 Å². The first kappa shape index (κ1) is 14.0. The third-order valence-electron chi connectivity index (χ3n) is 4.90. The monoisotopic (exact) mass is 306 g/mol. The zero-order valence-corrected chi connectivity index (χ0v) is 13.8. The molecular weight excluding hydrogens is 280 g/mol. The fraction of sp³-hybridized carbons (Fsp3) is 0.812. The number of nitrogens with zero attached hydrogens (tertiary/aromatic N) is 3. The summed E-state index contributed by atoms with van der Waals surface area (Å²) >= 11 is 1.95. The lowest BCUT2D eigenvalue weighted by atomic mass is 10.2. The van der Waals surface area contributed by atoms with Crippen LogP contribution < -0.4 is 10.2 Å². The number of thiazole rings is 1. The zero-order chi connectivity index (χ0) is 14.2. The summed E-state index contributed by atoms with van der Waals surface area (Å²) in [5.41, 5.74) is 1.42. The van der Waals surface area contributed by atoms with Gasteiger partial charge in [-0.05, 0) is 32.2 Å². The van der Waals surface area contributed by atoms with Crippen molar-refractivity contribution in [1.29, 1.82) is 0 Å². The molecule has 0 radical (unpaired) electrons. The molecular formula is C16H26N4S. The molecule has 5 heteroatoms. The molecule has 2 aliphatic carbocycles. The minimum absolute atomic E-state index is 0.767. The van der Waals surface area contributed by atoms with Gasteiger partial charge in [-0.1, -0.05) is 6.92 Å². The summed E-state index contributed by atoms with van der Waals surface area (Å²) in [5.74, 6) is 0.767. The van der Waals surface area contributed by atoms with Gasteiger partial charge < -0.3 is 15.1 Å². The highest BCUT2D eigenvalue weighted by atomic mass is 32.1. The zero-order valence-electron chi connectivity index (χ0n) is 13.0. The molecule has 0 atom stereocenters. The number of hydrogen-bond acceptors (Lipinski definition) is 5. The van der Waals surface area contributed by atoms with E-state index >= 15 is 0 Å². The molecule has 0 spiro atoms. The fourth-order valence-electron chi connectivity index (χ4n) is 3.07. The quantitative estimate of drug-likeness (QED) is 0.874. The van der Waals surface area contributed by atoms with E-state index in [1.54, 1.807) is 0 Å². The van der Waals surface area contributed by atoms with Gasteiger partial charge in [-0.25, -0.2) is 4.98 Å². The summed E-state index contributed by atoms with van der Waals surface area (Å²) < 4.78 is 0. The van der Waals surface area contributed by atoms with Crippen molar-refractivity contribution in [2.45, 2.75) is 51.1 Å². The third-order valence-corrected chi connectivity index (χ3v) is 6.03. The molecule has 4 nitrogen and oxygen atoms in total. The average molecular weight is 306 g/mol. The first-order chi connectivity index (χ1) is 10.3. The van der Waals surface area contributed by atoms with Crippen LogP contribution in [-0.2, 0) is 6.54 Å². The molecule has 0 unspecified atom stereocenters. The van der Waals surface area contributed by atoms with Crippen LogP contribution in [0.4, 0.5) is 5.13 Å². The van der Waals surface area contributed by atoms with E-state index in [0.717, 1.165) is 31.6 Å². The van der Waals surface area contributed by atoms with Crippen LogP contribution in [-0.4, -0.2) is 48.6 Å². The molecule has 21 heavy (non-hydrogen) atoms. The van der Waals surface area contributed by atoms with Crippen LogP contribution in [0.3, 0.4) is 0 Å². The van der Waals surface area contributed by atoms with Crippen molar-refractivity contribution in [2.75, 3.05) is 37.6 Å². The molecule has 3 aliphatic rings. The first-order valence-electron chi connectivity index (χ1n) is 8.53. The van der Waals surface area contributed by atoms with Crippen molar-refractivity contribution in [3.63, 3.8) is 0 Å². The summed E-state index contributed by atoms with van der Waals surface area (Å²) in [7, 11) is 0. The van der Waals surface area contributed by atoms with Crippen molar-refractivity contribution < 1.29 is 0 Å². The van der Waals surface area contributed by atoms with Gasteiger partial charge in [0.2, 0.25) is 0 Å². The van der Waals surface area contributed by atoms with Gasteiger partial charge in [0, 0.05) is 49.6 Å². The maximum absolute atomic E-state index is 5.03. The molecule has 2 saturated carbocycles. The predicted octanol–water partition coefficient (Wildman–Crippen LogP) is 2.41. The number of anilines is 1. The summed E-state index contributed by atoms with van der Waals surface area (Å²) in [6, 6.07) is 0.788. The van der Waals surface area contributed by atoms with Gasteiger partial charge in [-0.2, -0.15) is 0 Å². The summed E-state index contributed by atoms with van der Waals surface area (Å²) in [5, 5.41) is 4.95. The third kappa shape index (κ3) is 3.25. The predicted molar refractivity (Wildman–Crippen MR) is 88.3 cm³/mol. The molecule has 1 aromatic heterocycles. The Labute approximate surface area is 131 Å². The standard InChI is InChI=1S/C16H26N4S/c1-2-19-7-9-20(10-8-19)16-18-15(12-3-4-12)14(21-16)11-17-13-5-6-13/h12-13,17H,2-11H2,1H3. The molecule has 0 bridgehead atoms. The van der Waals surface area contributed by atoms with Gasteiger partial charge in [-0.3, -0.25) is 0 Å². The van der Waals surface area contributed by atoms with Gasteiger partial charge in [0.1, 0.15) is 0 Å². The highest BCUT2D eigenvalue weighted by Gasteiger charge is 2.31. The van der Waals surface area contributed by atoms with Crippen molar-refractivity contribution in [1.82, 2.24) is 15.2 Å². The van der Waals surface area contributed by atoms with Crippen molar-refractivity contribution in [3.05, 3.63) is 10.6 Å². The van der Waals surface area contributed by atoms with Crippen LogP contribution in [0.15, 0.2) is 0 Å². The van der Waals surface area contributed by atoms with Crippen LogP contribution in [0.2, 0.25) is 0 Å². The average Bonchev–Trinajstić information content (AvgIpc) is 3.44. The number of aromatic nitrogens is 1. The van der Waals surface area contributed by atoms with Gasteiger partial charge in [0.15, 0.2) is 5.13 Å². The molecule has 1 aliphatic heterocycles. The number of nitrogens with one attached hydrogen (secondary N) is 1. The molecule has 116 valence electrons. The molecule has 0 aromatic carbocycles. The number of piperazine rings is 1. The van der Waals surface area contributed by atoms with Crippen LogP contribution in [0.1, 0.15) is 49.1 Å². The Kier molecular flexibility index (Phi) is 3.90. The molecule has 3 fully saturated rings. The van der Waals surface area contributed by atoms with Crippen LogP contribution in [0.5, 0.6) is 0 Å². The number of hydrogen-bond donors (Lipinski definition) is 1. The minimum atomic E-state index is 0.767. The maximum atomic E-state index is 5.03. The Morgan fingerprint density at radius 1 is 1.14 bits per heavy atom. The first-order valence-corrected chi connectivity index (χ1v) is 9.35. The van der Waals surface area contributed by atoms with E-state index in [1.807, 2.05) is 11.3 Å². The molecule has 2 heterocycles. The lowest BCUT2D eigenvalue weighted by Gasteiger charge is -2.33. The van der Waals surface area contributed by atoms with E-state index in [4.69, 9.17) is 4.98 Å². The molecule has 1 aromatic rings. The van der Waals surface area contributed by atoms with Gasteiger partial charge in [0.25, 0.3) is 0 Å². The topological polar surface area (TPSA) is 31.4 Å². The number of likely N-dealkylation sites (N-methyl/N-ethyl adjacent to an activating group) is 1. The lowest BCUT2D eigenvalue weighted by molar-refractivity contribution is 0.271. The van der Waals surface area contributed by atoms with Crippen molar-refractivity contribution in [2.24, 2.45) is 0 Å². The van der Waals surface area contributed by atoms with Crippen LogP contribution in [0.25, 0.3) is 0 Å². The second-order valence-corrected chi connectivity index (χ2v) is 7.72. The Hall–Kier alpha value is -0.650. The second kappa shape index (κ2) is 5.86. The Morgan fingerprint density at radius 2 is 1.90 bits per heavy atom. The van der Waals surface area contributed by atoms with E-state index in [9.17, 15) is 0 Å². The Balaban J connectivity index is 1.45. The van der Waals surface area contributed by atoms with Crippen molar-refractivity contribution >= 4 is 16.5 Å². The summed E-state index contributed by atoms with van der Waals surface area (Å²) in [6.45, 7) is 9.13. The lowest BCUT2D eigenvalue weighted by Crippen LogP contribution is -2.46. The van der Waals surface area contributed by atoms with E-state index in [1.165, 1.54) is 61.0 Å². The Bertz CT molecular complexity index is 484. The minimum Gasteiger partial charge on any atom is -0.346 e.